The van der Waals surface area contributed by atoms with Crippen LogP contribution in [-0.2, 0) is 11.4 Å². The van der Waals surface area contributed by atoms with Crippen molar-refractivity contribution in [2.24, 2.45) is 0 Å². The van der Waals surface area contributed by atoms with Crippen molar-refractivity contribution < 1.29 is 19.1 Å². The summed E-state index contributed by atoms with van der Waals surface area (Å²) in [5.74, 6) is 0.819. The average Bonchev–Trinajstić information content (AvgIpc) is 3.07. The Kier molecular flexibility index (Phi) is 8.59. The molecule has 9 heteroatoms. The van der Waals surface area contributed by atoms with Crippen molar-refractivity contribution in [2.75, 3.05) is 13.2 Å². The summed E-state index contributed by atoms with van der Waals surface area (Å²) in [6.07, 6.45) is 1.69. The zero-order chi connectivity index (χ0) is 24.9. The minimum absolute atomic E-state index is 0.131. The molecule has 0 spiro atoms. The quantitative estimate of drug-likeness (QED) is 0.236. The minimum Gasteiger partial charge on any atom is -0.490 e. The Morgan fingerprint density at radius 3 is 2.46 bits per heavy atom. The van der Waals surface area contributed by atoms with E-state index in [4.69, 9.17) is 21.1 Å². The van der Waals surface area contributed by atoms with Crippen LogP contribution < -0.4 is 9.47 Å². The molecule has 0 bridgehead atoms. The zero-order valence-corrected chi connectivity index (χ0v) is 23.3. The number of hydrogen-bond acceptors (Lipinski definition) is 5. The van der Waals surface area contributed by atoms with Crippen molar-refractivity contribution in [3.8, 4) is 11.5 Å². The molecule has 1 heterocycles. The minimum atomic E-state index is -0.352. The van der Waals surface area contributed by atoms with Crippen LogP contribution in [0.3, 0.4) is 0 Å². The highest BCUT2D eigenvalue weighted by Gasteiger charge is 2.34. The molecule has 3 aromatic carbocycles. The highest BCUT2D eigenvalue weighted by molar-refractivity contribution is 9.11. The van der Waals surface area contributed by atoms with Gasteiger partial charge in [-0.1, -0.05) is 53.6 Å². The second-order valence-electron chi connectivity index (χ2n) is 7.70. The lowest BCUT2D eigenvalue weighted by atomic mass is 10.1. The molecular weight excluding hydrogens is 618 g/mol. The third-order valence-electron chi connectivity index (χ3n) is 5.07. The lowest BCUT2D eigenvalue weighted by molar-refractivity contribution is -0.123. The van der Waals surface area contributed by atoms with Gasteiger partial charge in [0.05, 0.1) is 25.4 Å². The maximum atomic E-state index is 12.8. The number of imide groups is 1. The van der Waals surface area contributed by atoms with Gasteiger partial charge >= 0.3 is 0 Å². The van der Waals surface area contributed by atoms with E-state index in [1.807, 2.05) is 37.3 Å². The molecule has 0 unspecified atom stereocenters. The Morgan fingerprint density at radius 2 is 1.74 bits per heavy atom. The number of halogens is 3. The summed E-state index contributed by atoms with van der Waals surface area (Å²) < 4.78 is 13.1. The first-order valence-corrected chi connectivity index (χ1v) is 13.4. The molecule has 2 amide bonds. The normalized spacial score (nSPS) is 14.6. The maximum Gasteiger partial charge on any atom is 0.293 e. The summed E-state index contributed by atoms with van der Waals surface area (Å²) >= 11 is 14.1. The summed E-state index contributed by atoms with van der Waals surface area (Å²) in [5, 5.41) is 0.143. The van der Waals surface area contributed by atoms with Gasteiger partial charge in [-0.2, -0.15) is 0 Å². The van der Waals surface area contributed by atoms with Crippen LogP contribution in [0.5, 0.6) is 11.5 Å². The number of para-hydroxylation sites is 1. The second-order valence-corrected chi connectivity index (χ2v) is 10.8. The highest BCUT2D eigenvalue weighted by atomic mass is 79.9. The van der Waals surface area contributed by atoms with Gasteiger partial charge in [0.25, 0.3) is 11.1 Å². The molecule has 180 valence electrons. The number of hydrogen-bond donors (Lipinski definition) is 0. The summed E-state index contributed by atoms with van der Waals surface area (Å²) in [4.78, 5) is 26.8. The molecular formula is C26H20Br2ClNO4S. The molecule has 4 rings (SSSR count). The van der Waals surface area contributed by atoms with E-state index in [1.165, 1.54) is 10.5 Å². The van der Waals surface area contributed by atoms with Gasteiger partial charge in [0.15, 0.2) is 0 Å². The lowest BCUT2D eigenvalue weighted by Gasteiger charge is -2.14. The third-order valence-corrected chi connectivity index (χ3v) is 7.46. The Labute approximate surface area is 229 Å². The molecule has 1 aliphatic rings. The van der Waals surface area contributed by atoms with E-state index < -0.39 is 0 Å². The van der Waals surface area contributed by atoms with Crippen LogP contribution in [0.4, 0.5) is 4.79 Å². The first-order chi connectivity index (χ1) is 16.8. The molecule has 0 aliphatic carbocycles. The van der Waals surface area contributed by atoms with Gasteiger partial charge in [-0.25, -0.2) is 0 Å². The number of ether oxygens (including phenoxy) is 2. The van der Waals surface area contributed by atoms with Crippen LogP contribution in [0.25, 0.3) is 6.08 Å². The van der Waals surface area contributed by atoms with E-state index in [2.05, 4.69) is 37.9 Å². The van der Waals surface area contributed by atoms with Crippen LogP contribution in [0.2, 0.25) is 5.02 Å². The van der Waals surface area contributed by atoms with Gasteiger partial charge in [0, 0.05) is 0 Å². The van der Waals surface area contributed by atoms with E-state index >= 15 is 0 Å². The van der Waals surface area contributed by atoms with Crippen molar-refractivity contribution in [1.82, 2.24) is 4.90 Å². The van der Waals surface area contributed by atoms with Gasteiger partial charge in [-0.05, 0) is 92.0 Å². The van der Waals surface area contributed by atoms with Crippen LogP contribution in [0.15, 0.2) is 74.5 Å². The van der Waals surface area contributed by atoms with Crippen LogP contribution >= 0.6 is 55.2 Å². The molecule has 0 radical (unpaired) electrons. The third kappa shape index (κ3) is 6.50. The molecule has 35 heavy (non-hydrogen) atoms. The Bertz CT molecular complexity index is 1290. The average molecular weight is 638 g/mol. The molecule has 3 aromatic rings. The van der Waals surface area contributed by atoms with E-state index in [0.29, 0.717) is 28.0 Å². The molecule has 5 nitrogen and oxygen atoms in total. The van der Waals surface area contributed by atoms with Crippen LogP contribution in [-0.4, -0.2) is 29.2 Å². The molecule has 1 fully saturated rings. The number of aryl methyl sites for hydroxylation is 1. The predicted molar refractivity (Wildman–Crippen MR) is 147 cm³/mol. The highest BCUT2D eigenvalue weighted by Crippen LogP contribution is 2.38. The van der Waals surface area contributed by atoms with Gasteiger partial charge in [-0.15, -0.1) is 0 Å². The van der Waals surface area contributed by atoms with Gasteiger partial charge in [-0.3, -0.25) is 14.5 Å². The van der Waals surface area contributed by atoms with Gasteiger partial charge < -0.3 is 9.47 Å². The first kappa shape index (κ1) is 25.8. The summed E-state index contributed by atoms with van der Waals surface area (Å²) in [6, 6.07) is 18.9. The number of nitrogens with zero attached hydrogens (tertiary/aromatic N) is 1. The largest absolute Gasteiger partial charge is 0.490 e. The Balaban J connectivity index is 1.41. The number of amides is 2. The van der Waals surface area contributed by atoms with E-state index in [1.54, 1.807) is 30.3 Å². The van der Waals surface area contributed by atoms with Gasteiger partial charge in [0.2, 0.25) is 0 Å². The summed E-state index contributed by atoms with van der Waals surface area (Å²) in [7, 11) is 0. The SMILES string of the molecule is Cc1cccc(COc2c(Br)cc(/C=C3\SC(=O)N(CCOc4ccccc4Cl)C3=O)cc2Br)c1. The monoisotopic (exact) mass is 635 g/mol. The fourth-order valence-corrected chi connectivity index (χ4v) is 5.92. The maximum absolute atomic E-state index is 12.8. The number of benzene rings is 3. The molecule has 1 saturated heterocycles. The predicted octanol–water partition coefficient (Wildman–Crippen LogP) is 7.87. The van der Waals surface area contributed by atoms with Crippen molar-refractivity contribution in [3.05, 3.63) is 96.2 Å². The second kappa shape index (κ2) is 11.6. The van der Waals surface area contributed by atoms with Crippen molar-refractivity contribution in [1.29, 1.82) is 0 Å². The molecule has 1 aliphatic heterocycles. The fraction of sp³-hybridized carbons (Fsp3) is 0.154. The standard InChI is InChI=1S/C26H20Br2ClNO4S/c1-16-5-4-6-17(11-16)15-34-24-19(27)12-18(13-20(24)28)14-23-25(31)30(26(32)35-23)9-10-33-22-8-3-2-7-21(22)29/h2-8,11-14H,9-10,15H2,1H3/b23-14-. The molecule has 0 saturated carbocycles. The van der Waals surface area contributed by atoms with Crippen molar-refractivity contribution in [3.63, 3.8) is 0 Å². The molecule has 0 N–H and O–H groups in total. The zero-order valence-electron chi connectivity index (χ0n) is 18.6. The van der Waals surface area contributed by atoms with Crippen molar-refractivity contribution >= 4 is 72.4 Å². The Morgan fingerprint density at radius 1 is 1.00 bits per heavy atom. The van der Waals surface area contributed by atoms with Crippen LogP contribution in [0, 0.1) is 6.92 Å². The summed E-state index contributed by atoms with van der Waals surface area (Å²) in [5.41, 5.74) is 2.99. The van der Waals surface area contributed by atoms with E-state index in [0.717, 1.165) is 31.8 Å². The molecule has 0 atom stereocenters. The topological polar surface area (TPSA) is 55.8 Å². The summed E-state index contributed by atoms with van der Waals surface area (Å²) in [6.45, 7) is 2.75. The molecule has 0 aromatic heterocycles. The Hall–Kier alpha value is -2.26. The van der Waals surface area contributed by atoms with Crippen LogP contribution in [0.1, 0.15) is 16.7 Å². The van der Waals surface area contributed by atoms with Crippen molar-refractivity contribution in [2.45, 2.75) is 13.5 Å². The van der Waals surface area contributed by atoms with E-state index in [-0.39, 0.29) is 24.3 Å². The lowest BCUT2D eigenvalue weighted by Crippen LogP contribution is -2.32. The number of carbonyl (C=O) groups is 2. The first-order valence-electron chi connectivity index (χ1n) is 10.6. The number of thioether (sulfide) groups is 1. The smallest absolute Gasteiger partial charge is 0.293 e. The fourth-order valence-electron chi connectivity index (χ4n) is 3.41. The van der Waals surface area contributed by atoms with Gasteiger partial charge in [0.1, 0.15) is 24.7 Å². The number of carbonyl (C=O) groups excluding carboxylic acids is 2. The number of rotatable bonds is 8. The van der Waals surface area contributed by atoms with E-state index in [9.17, 15) is 9.59 Å².